The van der Waals surface area contributed by atoms with E-state index < -0.39 is 0 Å². The summed E-state index contributed by atoms with van der Waals surface area (Å²) in [6, 6.07) is 20.0. The summed E-state index contributed by atoms with van der Waals surface area (Å²) in [6.07, 6.45) is 5.16. The molecule has 2 aromatic carbocycles. The maximum Gasteiger partial charge on any atom is 0.00102 e. The summed E-state index contributed by atoms with van der Waals surface area (Å²) in [5.41, 5.74) is 4.34. The maximum atomic E-state index is 2.68. The molecule has 0 bridgehead atoms. The number of hydrogen-bond donors (Lipinski definition) is 0. The summed E-state index contributed by atoms with van der Waals surface area (Å²) in [6.45, 7) is 8.35. The summed E-state index contributed by atoms with van der Waals surface area (Å²) in [5.74, 6) is 1.61. The molecule has 1 heteroatoms. The van der Waals surface area contributed by atoms with E-state index in [1.54, 1.807) is 0 Å². The average Bonchev–Trinajstić information content (AvgIpc) is 2.60. The minimum atomic E-state index is 0.735. The van der Waals surface area contributed by atoms with Gasteiger partial charge in [0.1, 0.15) is 0 Å². The van der Waals surface area contributed by atoms with Gasteiger partial charge >= 0.3 is 0 Å². The molecule has 1 saturated heterocycles. The molecule has 1 atom stereocenters. The zero-order chi connectivity index (χ0) is 16.8. The number of hydrogen-bond acceptors (Lipinski definition) is 1. The Balaban J connectivity index is 1.41. The summed E-state index contributed by atoms with van der Waals surface area (Å²) in [5, 5.41) is 0. The molecule has 1 fully saturated rings. The summed E-state index contributed by atoms with van der Waals surface area (Å²) < 4.78 is 0. The first-order valence-corrected chi connectivity index (χ1v) is 9.51. The second-order valence-electron chi connectivity index (χ2n) is 7.73. The molecule has 2 aromatic rings. The summed E-state index contributed by atoms with van der Waals surface area (Å²) in [7, 11) is 0. The molecular weight excluding hydrogens is 290 g/mol. The Kier molecular flexibility index (Phi) is 6.09. The zero-order valence-electron chi connectivity index (χ0n) is 15.2. The Labute approximate surface area is 147 Å². The molecular formula is C23H31N. The highest BCUT2D eigenvalue weighted by Crippen LogP contribution is 2.22. The molecule has 0 aromatic heterocycles. The van der Waals surface area contributed by atoms with Crippen LogP contribution in [-0.4, -0.2) is 24.5 Å². The van der Waals surface area contributed by atoms with Crippen LogP contribution in [0.2, 0.25) is 0 Å². The SMILES string of the molecule is Cc1ccc(C[C@@H](C)CN2CCC(Cc3ccccc3)CC2)cc1. The minimum absolute atomic E-state index is 0.735. The molecule has 24 heavy (non-hydrogen) atoms. The molecule has 1 aliphatic heterocycles. The van der Waals surface area contributed by atoms with Crippen LogP contribution in [0.3, 0.4) is 0 Å². The lowest BCUT2D eigenvalue weighted by Gasteiger charge is -2.33. The van der Waals surface area contributed by atoms with Gasteiger partial charge in [-0.25, -0.2) is 0 Å². The van der Waals surface area contributed by atoms with Crippen LogP contribution < -0.4 is 0 Å². The van der Waals surface area contributed by atoms with Gasteiger partial charge in [0.15, 0.2) is 0 Å². The fraction of sp³-hybridized carbons (Fsp3) is 0.478. The molecule has 0 amide bonds. The first-order valence-electron chi connectivity index (χ1n) is 9.51. The Morgan fingerprint density at radius 2 is 1.58 bits per heavy atom. The monoisotopic (exact) mass is 321 g/mol. The fourth-order valence-electron chi connectivity index (χ4n) is 3.95. The first kappa shape index (κ1) is 17.2. The molecule has 128 valence electrons. The summed E-state index contributed by atoms with van der Waals surface area (Å²) >= 11 is 0. The molecule has 1 heterocycles. The second-order valence-corrected chi connectivity index (χ2v) is 7.73. The van der Waals surface area contributed by atoms with E-state index in [0.717, 1.165) is 11.8 Å². The number of nitrogens with zero attached hydrogens (tertiary/aromatic N) is 1. The quantitative estimate of drug-likeness (QED) is 0.713. The van der Waals surface area contributed by atoms with Crippen LogP contribution in [0, 0.1) is 18.8 Å². The normalized spacial score (nSPS) is 17.8. The van der Waals surface area contributed by atoms with E-state index in [-0.39, 0.29) is 0 Å². The predicted molar refractivity (Wildman–Crippen MR) is 103 cm³/mol. The largest absolute Gasteiger partial charge is 0.303 e. The Hall–Kier alpha value is -1.60. The van der Waals surface area contributed by atoms with E-state index >= 15 is 0 Å². The number of likely N-dealkylation sites (tertiary alicyclic amines) is 1. The molecule has 1 aliphatic rings. The second kappa shape index (κ2) is 8.48. The highest BCUT2D eigenvalue weighted by molar-refractivity contribution is 5.21. The van der Waals surface area contributed by atoms with E-state index in [1.807, 2.05) is 0 Å². The topological polar surface area (TPSA) is 3.24 Å². The Bertz CT molecular complexity index is 594. The van der Waals surface area contributed by atoms with Crippen LogP contribution in [0.5, 0.6) is 0 Å². The molecule has 0 saturated carbocycles. The van der Waals surface area contributed by atoms with Crippen molar-refractivity contribution in [3.63, 3.8) is 0 Å². The molecule has 0 unspecified atom stereocenters. The van der Waals surface area contributed by atoms with Crippen molar-refractivity contribution in [1.29, 1.82) is 0 Å². The van der Waals surface area contributed by atoms with Gasteiger partial charge in [-0.1, -0.05) is 67.1 Å². The zero-order valence-corrected chi connectivity index (χ0v) is 15.2. The van der Waals surface area contributed by atoms with Crippen molar-refractivity contribution in [1.82, 2.24) is 4.90 Å². The van der Waals surface area contributed by atoms with Crippen LogP contribution in [0.1, 0.15) is 36.5 Å². The highest BCUT2D eigenvalue weighted by atomic mass is 15.1. The molecule has 0 N–H and O–H groups in total. The van der Waals surface area contributed by atoms with Crippen LogP contribution in [0.25, 0.3) is 0 Å². The average molecular weight is 322 g/mol. The lowest BCUT2D eigenvalue weighted by atomic mass is 9.89. The van der Waals surface area contributed by atoms with Gasteiger partial charge < -0.3 is 4.90 Å². The first-order chi connectivity index (χ1) is 11.7. The number of rotatable bonds is 6. The molecule has 0 aliphatic carbocycles. The third kappa shape index (κ3) is 5.21. The molecule has 0 radical (unpaired) electrons. The number of benzene rings is 2. The van der Waals surface area contributed by atoms with E-state index in [0.29, 0.717) is 0 Å². The van der Waals surface area contributed by atoms with Gasteiger partial charge in [0.2, 0.25) is 0 Å². The van der Waals surface area contributed by atoms with E-state index in [1.165, 1.54) is 62.0 Å². The van der Waals surface area contributed by atoms with Gasteiger partial charge in [0.25, 0.3) is 0 Å². The van der Waals surface area contributed by atoms with Crippen LogP contribution in [-0.2, 0) is 12.8 Å². The van der Waals surface area contributed by atoms with Crippen molar-refractivity contribution in [2.24, 2.45) is 11.8 Å². The van der Waals surface area contributed by atoms with Gasteiger partial charge in [0.05, 0.1) is 0 Å². The molecule has 1 nitrogen and oxygen atoms in total. The van der Waals surface area contributed by atoms with Crippen LogP contribution >= 0.6 is 0 Å². The Morgan fingerprint density at radius 3 is 2.25 bits per heavy atom. The van der Waals surface area contributed by atoms with Crippen molar-refractivity contribution < 1.29 is 0 Å². The van der Waals surface area contributed by atoms with E-state index in [4.69, 9.17) is 0 Å². The van der Waals surface area contributed by atoms with Crippen LogP contribution in [0.4, 0.5) is 0 Å². The standard InChI is InChI=1S/C23H31N/c1-19-8-10-22(11-9-19)16-20(2)18-24-14-12-23(13-15-24)17-21-6-4-3-5-7-21/h3-11,20,23H,12-18H2,1-2H3/t20-/m1/s1. The van der Waals surface area contributed by atoms with Crippen molar-refractivity contribution in [2.45, 2.75) is 39.5 Å². The van der Waals surface area contributed by atoms with E-state index in [9.17, 15) is 0 Å². The molecule has 0 spiro atoms. The smallest absolute Gasteiger partial charge is 0.00102 e. The van der Waals surface area contributed by atoms with Crippen molar-refractivity contribution >= 4 is 0 Å². The predicted octanol–water partition coefficient (Wildman–Crippen LogP) is 5.13. The van der Waals surface area contributed by atoms with Crippen molar-refractivity contribution in [2.75, 3.05) is 19.6 Å². The minimum Gasteiger partial charge on any atom is -0.303 e. The fourth-order valence-corrected chi connectivity index (χ4v) is 3.95. The van der Waals surface area contributed by atoms with Gasteiger partial charge in [-0.05, 0) is 68.7 Å². The molecule has 3 rings (SSSR count). The van der Waals surface area contributed by atoms with Crippen molar-refractivity contribution in [3.8, 4) is 0 Å². The van der Waals surface area contributed by atoms with Crippen LogP contribution in [0.15, 0.2) is 54.6 Å². The Morgan fingerprint density at radius 1 is 0.917 bits per heavy atom. The lowest BCUT2D eigenvalue weighted by Crippen LogP contribution is -2.37. The van der Waals surface area contributed by atoms with Gasteiger partial charge in [0, 0.05) is 6.54 Å². The number of aryl methyl sites for hydroxylation is 1. The van der Waals surface area contributed by atoms with Crippen molar-refractivity contribution in [3.05, 3.63) is 71.3 Å². The highest BCUT2D eigenvalue weighted by Gasteiger charge is 2.20. The number of piperidine rings is 1. The summed E-state index contributed by atoms with van der Waals surface area (Å²) in [4.78, 5) is 2.68. The third-order valence-corrected chi connectivity index (χ3v) is 5.35. The third-order valence-electron chi connectivity index (χ3n) is 5.35. The maximum absolute atomic E-state index is 2.68. The van der Waals surface area contributed by atoms with Gasteiger partial charge in [-0.15, -0.1) is 0 Å². The van der Waals surface area contributed by atoms with Gasteiger partial charge in [-0.3, -0.25) is 0 Å². The van der Waals surface area contributed by atoms with E-state index in [2.05, 4.69) is 73.3 Å². The lowest BCUT2D eigenvalue weighted by molar-refractivity contribution is 0.163. The van der Waals surface area contributed by atoms with Gasteiger partial charge in [-0.2, -0.15) is 0 Å².